The van der Waals surface area contributed by atoms with Gasteiger partial charge >= 0.3 is 0 Å². The molecule has 0 aromatic heterocycles. The van der Waals surface area contributed by atoms with E-state index in [-0.39, 0.29) is 19.8 Å². The molecule has 0 fully saturated rings. The van der Waals surface area contributed by atoms with Crippen LogP contribution in [0, 0.1) is 0 Å². The van der Waals surface area contributed by atoms with Crippen LogP contribution in [0.2, 0.25) is 0 Å². The minimum atomic E-state index is 0.0378. The lowest BCUT2D eigenvalue weighted by Crippen LogP contribution is -2.30. The van der Waals surface area contributed by atoms with Crippen LogP contribution >= 0.6 is 0 Å². The second kappa shape index (κ2) is 26.7. The first-order valence-electron chi connectivity index (χ1n) is 11.7. The van der Waals surface area contributed by atoms with Crippen molar-refractivity contribution in [1.29, 1.82) is 0 Å². The lowest BCUT2D eigenvalue weighted by atomic mass is 10.1. The maximum atomic E-state index is 8.87. The number of unbranched alkanes of at least 4 members (excludes halogenated alkanes) is 6. The largest absolute Gasteiger partial charge is 0.396 e. The van der Waals surface area contributed by atoms with Crippen molar-refractivity contribution in [3.63, 3.8) is 0 Å². The standard InChI is InChI=1S/C22H47NO7/c24-12-7-3-1-5-9-23(10-6-2-4-8-13-25)11-15-27-17-19-29-21-22-30-20-18-28-16-14-26/h24-26H,1-22H2. The predicted octanol–water partition coefficient (Wildman–Crippen LogP) is 1.45. The second-order valence-electron chi connectivity index (χ2n) is 7.29. The van der Waals surface area contributed by atoms with Crippen molar-refractivity contribution >= 4 is 0 Å². The summed E-state index contributed by atoms with van der Waals surface area (Å²) in [6.07, 6.45) is 8.61. The first kappa shape index (κ1) is 29.7. The molecule has 3 N–H and O–H groups in total. The van der Waals surface area contributed by atoms with Gasteiger partial charge in [-0.15, -0.1) is 0 Å². The Hall–Kier alpha value is -0.320. The molecule has 0 saturated carbocycles. The molecule has 0 aliphatic carbocycles. The quantitative estimate of drug-likeness (QED) is 0.175. The fourth-order valence-electron chi connectivity index (χ4n) is 2.96. The highest BCUT2D eigenvalue weighted by molar-refractivity contribution is 4.59. The van der Waals surface area contributed by atoms with Crippen LogP contribution in [-0.2, 0) is 18.9 Å². The molecule has 0 aromatic rings. The van der Waals surface area contributed by atoms with Crippen LogP contribution < -0.4 is 0 Å². The summed E-state index contributed by atoms with van der Waals surface area (Å²) in [7, 11) is 0. The summed E-state index contributed by atoms with van der Waals surface area (Å²) >= 11 is 0. The summed E-state index contributed by atoms with van der Waals surface area (Å²) in [5, 5.41) is 26.3. The van der Waals surface area contributed by atoms with E-state index in [4.69, 9.17) is 34.3 Å². The monoisotopic (exact) mass is 437 g/mol. The molecule has 0 radical (unpaired) electrons. The van der Waals surface area contributed by atoms with E-state index in [1.165, 1.54) is 0 Å². The highest BCUT2D eigenvalue weighted by Crippen LogP contribution is 2.05. The van der Waals surface area contributed by atoms with Gasteiger partial charge in [0.15, 0.2) is 0 Å². The predicted molar refractivity (Wildman–Crippen MR) is 118 cm³/mol. The normalized spacial score (nSPS) is 11.6. The molecule has 0 aliphatic rings. The lowest BCUT2D eigenvalue weighted by molar-refractivity contribution is -0.00725. The lowest BCUT2D eigenvalue weighted by Gasteiger charge is -2.22. The van der Waals surface area contributed by atoms with E-state index >= 15 is 0 Å². The molecule has 0 aliphatic heterocycles. The highest BCUT2D eigenvalue weighted by Gasteiger charge is 2.05. The van der Waals surface area contributed by atoms with Crippen LogP contribution in [0.5, 0.6) is 0 Å². The van der Waals surface area contributed by atoms with E-state index < -0.39 is 0 Å². The first-order chi connectivity index (χ1) is 14.8. The van der Waals surface area contributed by atoms with Crippen LogP contribution in [0.25, 0.3) is 0 Å². The van der Waals surface area contributed by atoms with Crippen LogP contribution in [0.4, 0.5) is 0 Å². The van der Waals surface area contributed by atoms with Crippen LogP contribution in [0.1, 0.15) is 51.4 Å². The van der Waals surface area contributed by atoms with Crippen molar-refractivity contribution < 1.29 is 34.3 Å². The van der Waals surface area contributed by atoms with E-state index in [0.717, 1.165) is 71.0 Å². The van der Waals surface area contributed by atoms with E-state index in [2.05, 4.69) is 4.90 Å². The van der Waals surface area contributed by atoms with Gasteiger partial charge in [0.2, 0.25) is 0 Å². The van der Waals surface area contributed by atoms with E-state index in [9.17, 15) is 0 Å². The molecule has 0 spiro atoms. The Labute approximate surface area is 183 Å². The number of hydrogen-bond donors (Lipinski definition) is 3. The maximum absolute atomic E-state index is 8.87. The molecule has 30 heavy (non-hydrogen) atoms. The van der Waals surface area contributed by atoms with E-state index in [1.807, 2.05) is 0 Å². The molecule has 0 heterocycles. The van der Waals surface area contributed by atoms with Crippen molar-refractivity contribution in [2.24, 2.45) is 0 Å². The average Bonchev–Trinajstić information content (AvgIpc) is 2.76. The highest BCUT2D eigenvalue weighted by atomic mass is 16.6. The second-order valence-corrected chi connectivity index (χ2v) is 7.29. The fraction of sp³-hybridized carbons (Fsp3) is 1.00. The zero-order valence-corrected chi connectivity index (χ0v) is 19.0. The van der Waals surface area contributed by atoms with Gasteiger partial charge in [-0.1, -0.05) is 25.7 Å². The number of ether oxygens (including phenoxy) is 4. The molecular weight excluding hydrogens is 390 g/mol. The number of aliphatic hydroxyl groups is 3. The van der Waals surface area contributed by atoms with Crippen molar-refractivity contribution in [1.82, 2.24) is 4.90 Å². The van der Waals surface area contributed by atoms with Crippen molar-refractivity contribution in [2.45, 2.75) is 51.4 Å². The van der Waals surface area contributed by atoms with Crippen LogP contribution in [-0.4, -0.2) is 113 Å². The third-order valence-electron chi connectivity index (χ3n) is 4.67. The molecule has 0 saturated heterocycles. The molecule has 0 atom stereocenters. The van der Waals surface area contributed by atoms with Crippen molar-refractivity contribution in [3.8, 4) is 0 Å². The summed E-state index contributed by atoms with van der Waals surface area (Å²) in [5.74, 6) is 0. The van der Waals surface area contributed by atoms with Gasteiger partial charge in [-0.3, -0.25) is 0 Å². The molecule has 8 nitrogen and oxygen atoms in total. The van der Waals surface area contributed by atoms with Gasteiger partial charge in [-0.2, -0.15) is 0 Å². The Kier molecular flexibility index (Phi) is 26.4. The molecule has 8 heteroatoms. The fourth-order valence-corrected chi connectivity index (χ4v) is 2.96. The van der Waals surface area contributed by atoms with Gasteiger partial charge in [0.25, 0.3) is 0 Å². The summed E-state index contributed by atoms with van der Waals surface area (Å²) in [5.41, 5.74) is 0. The SMILES string of the molecule is OCCCCCCN(CCCCCCO)CCOCCOCCOCCOCCO. The Morgan fingerprint density at radius 1 is 0.367 bits per heavy atom. The molecule has 182 valence electrons. The summed E-state index contributed by atoms with van der Waals surface area (Å²) in [6, 6.07) is 0. The zero-order valence-electron chi connectivity index (χ0n) is 19.0. The van der Waals surface area contributed by atoms with Gasteiger partial charge in [0.05, 0.1) is 59.5 Å². The number of nitrogens with zero attached hydrogens (tertiary/aromatic N) is 1. The average molecular weight is 438 g/mol. The minimum absolute atomic E-state index is 0.0378. The van der Waals surface area contributed by atoms with E-state index in [0.29, 0.717) is 52.9 Å². The molecular formula is C22H47NO7. The Morgan fingerprint density at radius 3 is 1.20 bits per heavy atom. The number of hydrogen-bond acceptors (Lipinski definition) is 8. The Bertz CT molecular complexity index is 297. The summed E-state index contributed by atoms with van der Waals surface area (Å²) in [4.78, 5) is 2.46. The molecule has 0 bridgehead atoms. The molecule has 0 aromatic carbocycles. The van der Waals surface area contributed by atoms with Gasteiger partial charge in [-0.25, -0.2) is 0 Å². The van der Waals surface area contributed by atoms with Crippen molar-refractivity contribution in [3.05, 3.63) is 0 Å². The van der Waals surface area contributed by atoms with Crippen molar-refractivity contribution in [2.75, 3.05) is 92.3 Å². The Morgan fingerprint density at radius 2 is 0.767 bits per heavy atom. The molecule has 0 amide bonds. The number of aliphatic hydroxyl groups excluding tert-OH is 3. The zero-order chi connectivity index (χ0) is 22.0. The van der Waals surface area contributed by atoms with Crippen LogP contribution in [0.3, 0.4) is 0 Å². The minimum Gasteiger partial charge on any atom is -0.396 e. The van der Waals surface area contributed by atoms with Gasteiger partial charge in [0, 0.05) is 19.8 Å². The van der Waals surface area contributed by atoms with Gasteiger partial charge in [-0.05, 0) is 38.8 Å². The van der Waals surface area contributed by atoms with E-state index in [1.54, 1.807) is 0 Å². The number of rotatable bonds is 26. The maximum Gasteiger partial charge on any atom is 0.0701 e. The first-order valence-corrected chi connectivity index (χ1v) is 11.7. The van der Waals surface area contributed by atoms with Gasteiger partial charge in [0.1, 0.15) is 0 Å². The third kappa shape index (κ3) is 24.0. The molecule has 0 unspecified atom stereocenters. The van der Waals surface area contributed by atoms with Gasteiger partial charge < -0.3 is 39.2 Å². The summed E-state index contributed by atoms with van der Waals surface area (Å²) < 4.78 is 21.7. The molecule has 0 rings (SSSR count). The topological polar surface area (TPSA) is 101 Å². The summed E-state index contributed by atoms with van der Waals surface area (Å²) in [6.45, 7) is 7.96. The third-order valence-corrected chi connectivity index (χ3v) is 4.67. The Balaban J connectivity index is 3.61. The smallest absolute Gasteiger partial charge is 0.0701 e. The van der Waals surface area contributed by atoms with Crippen LogP contribution in [0.15, 0.2) is 0 Å².